The minimum absolute atomic E-state index is 0.821. The monoisotopic (exact) mass is 422 g/mol. The number of aromatic nitrogens is 1. The number of aryl methyl sites for hydroxylation is 1. The first-order valence-electron chi connectivity index (χ1n) is 11.8. The fraction of sp³-hybridized carbons (Fsp3) is 0.560. The van der Waals surface area contributed by atoms with Crippen molar-refractivity contribution >= 4 is 17.2 Å². The number of nitrogens with one attached hydrogen (secondary N) is 1. The van der Waals surface area contributed by atoms with Crippen molar-refractivity contribution in [3.05, 3.63) is 47.7 Å². The molecule has 2 aromatic rings. The van der Waals surface area contributed by atoms with Gasteiger partial charge in [-0.2, -0.15) is 0 Å². The van der Waals surface area contributed by atoms with Crippen molar-refractivity contribution in [1.29, 1.82) is 0 Å². The molecule has 2 saturated heterocycles. The highest BCUT2D eigenvalue weighted by Crippen LogP contribution is 2.25. The van der Waals surface area contributed by atoms with Gasteiger partial charge in [0.25, 0.3) is 0 Å². The molecule has 0 atom stereocenters. The molecule has 0 spiro atoms. The van der Waals surface area contributed by atoms with Crippen LogP contribution in [0.2, 0.25) is 0 Å². The number of para-hydroxylation sites is 1. The zero-order valence-corrected chi connectivity index (χ0v) is 19.5. The fourth-order valence-corrected chi connectivity index (χ4v) is 4.63. The summed E-state index contributed by atoms with van der Waals surface area (Å²) in [5.41, 5.74) is 4.92. The number of hydrogen-bond acceptors (Lipinski definition) is 6. The predicted octanol–water partition coefficient (Wildman–Crippen LogP) is 3.29. The molecule has 2 fully saturated rings. The lowest BCUT2D eigenvalue weighted by atomic mass is 10.1. The van der Waals surface area contributed by atoms with Crippen LogP contribution >= 0.6 is 0 Å². The van der Waals surface area contributed by atoms with Gasteiger partial charge < -0.3 is 20.0 Å². The highest BCUT2D eigenvalue weighted by molar-refractivity contribution is 5.58. The Kier molecular flexibility index (Phi) is 7.30. The van der Waals surface area contributed by atoms with Crippen LogP contribution in [-0.4, -0.2) is 80.7 Å². The van der Waals surface area contributed by atoms with Crippen molar-refractivity contribution in [3.63, 3.8) is 0 Å². The minimum Gasteiger partial charge on any atom is -0.379 e. The number of hydrogen-bond donors (Lipinski definition) is 1. The van der Waals surface area contributed by atoms with E-state index < -0.39 is 0 Å². The van der Waals surface area contributed by atoms with Gasteiger partial charge >= 0.3 is 0 Å². The molecule has 31 heavy (non-hydrogen) atoms. The van der Waals surface area contributed by atoms with Gasteiger partial charge in [-0.3, -0.25) is 4.90 Å². The highest BCUT2D eigenvalue weighted by Gasteiger charge is 2.19. The Hall–Kier alpha value is -2.31. The molecule has 0 amide bonds. The van der Waals surface area contributed by atoms with E-state index in [1.807, 2.05) is 0 Å². The molecule has 2 aliphatic heterocycles. The Bertz CT molecular complexity index is 838. The molecule has 1 aromatic heterocycles. The molecule has 0 aliphatic carbocycles. The summed E-state index contributed by atoms with van der Waals surface area (Å²) in [5.74, 6) is 1.10. The van der Waals surface area contributed by atoms with Crippen LogP contribution in [0.25, 0.3) is 0 Å². The summed E-state index contributed by atoms with van der Waals surface area (Å²) in [6.45, 7) is 15.3. The van der Waals surface area contributed by atoms with Crippen molar-refractivity contribution in [2.24, 2.45) is 0 Å². The van der Waals surface area contributed by atoms with E-state index in [0.717, 1.165) is 76.1 Å². The molecule has 6 nitrogen and oxygen atoms in total. The highest BCUT2D eigenvalue weighted by atomic mass is 15.3. The van der Waals surface area contributed by atoms with Crippen molar-refractivity contribution in [1.82, 2.24) is 14.8 Å². The number of likely N-dealkylation sites (N-methyl/N-ethyl adjacent to an activating group) is 1. The van der Waals surface area contributed by atoms with E-state index in [0.29, 0.717) is 0 Å². The van der Waals surface area contributed by atoms with E-state index in [2.05, 4.69) is 82.2 Å². The Morgan fingerprint density at radius 3 is 2.29 bits per heavy atom. The molecule has 3 heterocycles. The van der Waals surface area contributed by atoms with Crippen LogP contribution in [0, 0.1) is 6.92 Å². The molecule has 6 heteroatoms. The zero-order chi connectivity index (χ0) is 21.6. The summed E-state index contributed by atoms with van der Waals surface area (Å²) >= 11 is 0. The van der Waals surface area contributed by atoms with Gasteiger partial charge in [-0.05, 0) is 50.7 Å². The number of anilines is 3. The SMILES string of the molecule is CCCN1CCN(c2ccccc2CNc2ccc(N3CCN(C)CC3)nc2C)CC1. The normalized spacial score (nSPS) is 18.4. The number of nitrogens with zero attached hydrogens (tertiary/aromatic N) is 5. The molecule has 0 radical (unpaired) electrons. The van der Waals surface area contributed by atoms with Crippen LogP contribution in [0.1, 0.15) is 24.6 Å². The Morgan fingerprint density at radius 2 is 1.58 bits per heavy atom. The van der Waals surface area contributed by atoms with Gasteiger partial charge in [0.2, 0.25) is 0 Å². The van der Waals surface area contributed by atoms with E-state index in [-0.39, 0.29) is 0 Å². The molecular formula is C25H38N6. The second kappa shape index (κ2) is 10.3. The maximum atomic E-state index is 4.90. The number of rotatable bonds is 7. The van der Waals surface area contributed by atoms with Crippen LogP contribution in [0.3, 0.4) is 0 Å². The van der Waals surface area contributed by atoms with Crippen molar-refractivity contribution in [2.45, 2.75) is 26.8 Å². The van der Waals surface area contributed by atoms with E-state index in [9.17, 15) is 0 Å². The summed E-state index contributed by atoms with van der Waals surface area (Å²) < 4.78 is 0. The zero-order valence-electron chi connectivity index (χ0n) is 19.5. The van der Waals surface area contributed by atoms with Gasteiger partial charge in [-0.1, -0.05) is 25.1 Å². The maximum Gasteiger partial charge on any atom is 0.129 e. The number of piperazine rings is 2. The lowest BCUT2D eigenvalue weighted by Crippen LogP contribution is -2.46. The second-order valence-corrected chi connectivity index (χ2v) is 8.90. The van der Waals surface area contributed by atoms with Crippen LogP contribution in [0.15, 0.2) is 36.4 Å². The molecule has 4 rings (SSSR count). The third-order valence-corrected chi connectivity index (χ3v) is 6.61. The second-order valence-electron chi connectivity index (χ2n) is 8.90. The average molecular weight is 423 g/mol. The van der Waals surface area contributed by atoms with Gasteiger partial charge in [0.15, 0.2) is 0 Å². The van der Waals surface area contributed by atoms with E-state index in [4.69, 9.17) is 4.98 Å². The molecule has 0 bridgehead atoms. The third-order valence-electron chi connectivity index (χ3n) is 6.61. The topological polar surface area (TPSA) is 37.9 Å². The van der Waals surface area contributed by atoms with Crippen LogP contribution in [0.5, 0.6) is 0 Å². The van der Waals surface area contributed by atoms with Gasteiger partial charge in [0.1, 0.15) is 5.82 Å². The van der Waals surface area contributed by atoms with Crippen LogP contribution < -0.4 is 15.1 Å². The standard InChI is InChI=1S/C25H38N6/c1-4-11-29-14-18-30(19-15-29)24-8-6-5-7-22(24)20-26-23-9-10-25(27-21(23)2)31-16-12-28(3)13-17-31/h5-10,26H,4,11-20H2,1-3H3. The molecule has 1 N–H and O–H groups in total. The first-order valence-corrected chi connectivity index (χ1v) is 11.8. The van der Waals surface area contributed by atoms with Gasteiger partial charge in [-0.15, -0.1) is 0 Å². The lowest BCUT2D eigenvalue weighted by Gasteiger charge is -2.37. The Balaban J connectivity index is 1.38. The Morgan fingerprint density at radius 1 is 0.871 bits per heavy atom. The maximum absolute atomic E-state index is 4.90. The van der Waals surface area contributed by atoms with Crippen LogP contribution in [0.4, 0.5) is 17.2 Å². The molecular weight excluding hydrogens is 384 g/mol. The van der Waals surface area contributed by atoms with Crippen LogP contribution in [-0.2, 0) is 6.54 Å². The predicted molar refractivity (Wildman–Crippen MR) is 131 cm³/mol. The van der Waals surface area contributed by atoms with Crippen molar-refractivity contribution < 1.29 is 0 Å². The number of benzene rings is 1. The van der Waals surface area contributed by atoms with E-state index >= 15 is 0 Å². The van der Waals surface area contributed by atoms with Crippen molar-refractivity contribution in [2.75, 3.05) is 81.1 Å². The summed E-state index contributed by atoms with van der Waals surface area (Å²) in [5, 5.41) is 3.65. The first-order chi connectivity index (χ1) is 15.1. The third kappa shape index (κ3) is 5.49. The summed E-state index contributed by atoms with van der Waals surface area (Å²) in [6.07, 6.45) is 1.24. The molecule has 0 unspecified atom stereocenters. The lowest BCUT2D eigenvalue weighted by molar-refractivity contribution is 0.258. The van der Waals surface area contributed by atoms with E-state index in [1.54, 1.807) is 0 Å². The summed E-state index contributed by atoms with van der Waals surface area (Å²) in [4.78, 5) is 14.8. The first kappa shape index (κ1) is 21.9. The summed E-state index contributed by atoms with van der Waals surface area (Å²) in [6, 6.07) is 13.2. The molecule has 2 aliphatic rings. The quantitative estimate of drug-likeness (QED) is 0.738. The molecule has 0 saturated carbocycles. The van der Waals surface area contributed by atoms with Gasteiger partial charge in [0.05, 0.1) is 11.4 Å². The molecule has 1 aromatic carbocycles. The summed E-state index contributed by atoms with van der Waals surface area (Å²) in [7, 11) is 2.19. The van der Waals surface area contributed by atoms with Gasteiger partial charge in [0, 0.05) is 64.6 Å². The molecule has 168 valence electrons. The van der Waals surface area contributed by atoms with E-state index in [1.165, 1.54) is 24.2 Å². The Labute approximate surface area is 187 Å². The minimum atomic E-state index is 0.821. The smallest absolute Gasteiger partial charge is 0.129 e. The largest absolute Gasteiger partial charge is 0.379 e. The number of pyridine rings is 1. The average Bonchev–Trinajstić information content (AvgIpc) is 2.80. The van der Waals surface area contributed by atoms with Crippen molar-refractivity contribution in [3.8, 4) is 0 Å². The van der Waals surface area contributed by atoms with Gasteiger partial charge in [-0.25, -0.2) is 4.98 Å². The fourth-order valence-electron chi connectivity index (χ4n) is 4.63.